The Hall–Kier alpha value is -2.68. The number of ether oxygens (including phenoxy) is 1. The molecule has 0 bridgehead atoms. The van der Waals surface area contributed by atoms with Crippen molar-refractivity contribution in [2.24, 2.45) is 0 Å². The maximum absolute atomic E-state index is 5.46. The van der Waals surface area contributed by atoms with Crippen LogP contribution < -0.4 is 4.74 Å². The number of H-pyrrole nitrogens is 1. The first-order valence-electron chi connectivity index (χ1n) is 6.48. The quantitative estimate of drug-likeness (QED) is 0.574. The molecule has 0 amide bonds. The predicted octanol–water partition coefficient (Wildman–Crippen LogP) is 4.59. The summed E-state index contributed by atoms with van der Waals surface area (Å²) in [5.41, 5.74) is 4.16. The molecule has 3 nitrogen and oxygen atoms in total. The van der Waals surface area contributed by atoms with Gasteiger partial charge in [-0.05, 0) is 30.3 Å². The normalized spacial score (nSPS) is 11.2. The first-order chi connectivity index (χ1) is 9.83. The lowest BCUT2D eigenvalue weighted by atomic mass is 10.1. The molecule has 2 heterocycles. The van der Waals surface area contributed by atoms with Gasteiger partial charge in [-0.15, -0.1) is 0 Å². The smallest absolute Gasteiger partial charge is 0.134 e. The van der Waals surface area contributed by atoms with E-state index in [0.29, 0.717) is 0 Å². The molecular formula is C17H13NO2. The minimum atomic E-state index is 0.854. The second-order valence-corrected chi connectivity index (χ2v) is 4.81. The molecule has 0 aliphatic carbocycles. The first-order valence-corrected chi connectivity index (χ1v) is 6.48. The fourth-order valence-electron chi connectivity index (χ4n) is 2.51. The number of fused-ring (bicyclic) bond motifs is 2. The van der Waals surface area contributed by atoms with E-state index < -0.39 is 0 Å². The van der Waals surface area contributed by atoms with Gasteiger partial charge in [0.15, 0.2) is 0 Å². The minimum Gasteiger partial charge on any atom is -0.497 e. The zero-order chi connectivity index (χ0) is 13.5. The molecule has 0 radical (unpaired) electrons. The van der Waals surface area contributed by atoms with Crippen LogP contribution in [0.5, 0.6) is 5.75 Å². The highest BCUT2D eigenvalue weighted by molar-refractivity contribution is 5.89. The average molecular weight is 263 g/mol. The van der Waals surface area contributed by atoms with Gasteiger partial charge in [-0.3, -0.25) is 0 Å². The lowest BCUT2D eigenvalue weighted by molar-refractivity contribution is 0.415. The van der Waals surface area contributed by atoms with Gasteiger partial charge in [0.05, 0.1) is 13.4 Å². The van der Waals surface area contributed by atoms with Gasteiger partial charge in [0.25, 0.3) is 0 Å². The Bertz CT molecular complexity index is 902. The van der Waals surface area contributed by atoms with Gasteiger partial charge in [-0.25, -0.2) is 0 Å². The highest BCUT2D eigenvalue weighted by Gasteiger charge is 2.06. The summed E-state index contributed by atoms with van der Waals surface area (Å²) >= 11 is 0. The molecule has 0 spiro atoms. The summed E-state index contributed by atoms with van der Waals surface area (Å²) in [6.07, 6.45) is 1.71. The second kappa shape index (κ2) is 4.17. The van der Waals surface area contributed by atoms with E-state index in [0.717, 1.165) is 33.5 Å². The van der Waals surface area contributed by atoms with E-state index in [1.54, 1.807) is 13.4 Å². The fourth-order valence-corrected chi connectivity index (χ4v) is 2.51. The van der Waals surface area contributed by atoms with Crippen molar-refractivity contribution < 1.29 is 9.15 Å². The SMILES string of the molecule is COc1ccc2cc(-c3ccc4ccoc4c3)[nH]c2c1. The molecule has 98 valence electrons. The molecular weight excluding hydrogens is 250 g/mol. The third kappa shape index (κ3) is 1.67. The summed E-state index contributed by atoms with van der Waals surface area (Å²) in [6, 6.07) is 16.4. The first kappa shape index (κ1) is 11.2. The maximum Gasteiger partial charge on any atom is 0.134 e. The molecule has 4 rings (SSSR count). The number of nitrogens with one attached hydrogen (secondary N) is 1. The highest BCUT2D eigenvalue weighted by Crippen LogP contribution is 2.29. The summed E-state index contributed by atoms with van der Waals surface area (Å²) < 4.78 is 10.7. The number of aromatic amines is 1. The summed E-state index contributed by atoms with van der Waals surface area (Å²) in [5, 5.41) is 2.28. The zero-order valence-corrected chi connectivity index (χ0v) is 11.0. The van der Waals surface area contributed by atoms with Crippen LogP contribution in [-0.4, -0.2) is 12.1 Å². The third-order valence-electron chi connectivity index (χ3n) is 3.60. The number of benzene rings is 2. The molecule has 0 fully saturated rings. The van der Waals surface area contributed by atoms with Crippen molar-refractivity contribution in [2.75, 3.05) is 7.11 Å². The number of hydrogen-bond acceptors (Lipinski definition) is 2. The van der Waals surface area contributed by atoms with Crippen molar-refractivity contribution in [3.05, 3.63) is 54.8 Å². The van der Waals surface area contributed by atoms with Crippen LogP contribution in [0.3, 0.4) is 0 Å². The zero-order valence-electron chi connectivity index (χ0n) is 11.0. The van der Waals surface area contributed by atoms with Crippen molar-refractivity contribution in [3.63, 3.8) is 0 Å². The van der Waals surface area contributed by atoms with Crippen molar-refractivity contribution in [3.8, 4) is 17.0 Å². The predicted molar refractivity (Wildman–Crippen MR) is 80.1 cm³/mol. The van der Waals surface area contributed by atoms with Gasteiger partial charge in [0.2, 0.25) is 0 Å². The average Bonchev–Trinajstić information content (AvgIpc) is 3.11. The lowest BCUT2D eigenvalue weighted by Gasteiger charge is -1.98. The lowest BCUT2D eigenvalue weighted by Crippen LogP contribution is -1.81. The van der Waals surface area contributed by atoms with Gasteiger partial charge in [0.1, 0.15) is 11.3 Å². The Balaban J connectivity index is 1.87. The van der Waals surface area contributed by atoms with Gasteiger partial charge >= 0.3 is 0 Å². The number of hydrogen-bond donors (Lipinski definition) is 1. The van der Waals surface area contributed by atoms with Gasteiger partial charge in [-0.2, -0.15) is 0 Å². The van der Waals surface area contributed by atoms with Gasteiger partial charge in [0, 0.05) is 33.6 Å². The van der Waals surface area contributed by atoms with Crippen LogP contribution in [0.25, 0.3) is 33.1 Å². The molecule has 0 aliphatic rings. The van der Waals surface area contributed by atoms with Crippen LogP contribution >= 0.6 is 0 Å². The molecule has 0 unspecified atom stereocenters. The van der Waals surface area contributed by atoms with E-state index in [1.807, 2.05) is 18.2 Å². The summed E-state index contributed by atoms with van der Waals surface area (Å²) in [6.45, 7) is 0. The van der Waals surface area contributed by atoms with Gasteiger partial charge < -0.3 is 14.1 Å². The number of furan rings is 1. The second-order valence-electron chi connectivity index (χ2n) is 4.81. The van der Waals surface area contributed by atoms with Crippen LogP contribution in [0.4, 0.5) is 0 Å². The highest BCUT2D eigenvalue weighted by atomic mass is 16.5. The topological polar surface area (TPSA) is 38.2 Å². The molecule has 0 aliphatic heterocycles. The Morgan fingerprint density at radius 1 is 0.950 bits per heavy atom. The fraction of sp³-hybridized carbons (Fsp3) is 0.0588. The molecule has 2 aromatic heterocycles. The van der Waals surface area contributed by atoms with E-state index in [1.165, 1.54) is 5.39 Å². The van der Waals surface area contributed by atoms with E-state index in [2.05, 4.69) is 35.3 Å². The van der Waals surface area contributed by atoms with Crippen molar-refractivity contribution in [2.45, 2.75) is 0 Å². The van der Waals surface area contributed by atoms with E-state index in [-0.39, 0.29) is 0 Å². The van der Waals surface area contributed by atoms with Crippen molar-refractivity contribution in [1.82, 2.24) is 4.98 Å². The molecule has 0 atom stereocenters. The molecule has 3 heteroatoms. The van der Waals surface area contributed by atoms with E-state index in [9.17, 15) is 0 Å². The molecule has 0 saturated carbocycles. The summed E-state index contributed by atoms with van der Waals surface area (Å²) in [4.78, 5) is 3.42. The molecule has 2 aromatic carbocycles. The molecule has 4 aromatic rings. The Kier molecular flexibility index (Phi) is 2.33. The van der Waals surface area contributed by atoms with Crippen molar-refractivity contribution in [1.29, 1.82) is 0 Å². The van der Waals surface area contributed by atoms with Crippen LogP contribution in [0.1, 0.15) is 0 Å². The Morgan fingerprint density at radius 2 is 1.85 bits per heavy atom. The van der Waals surface area contributed by atoms with Crippen LogP contribution in [-0.2, 0) is 0 Å². The molecule has 20 heavy (non-hydrogen) atoms. The van der Waals surface area contributed by atoms with Crippen LogP contribution in [0.15, 0.2) is 59.2 Å². The maximum atomic E-state index is 5.46. The summed E-state index contributed by atoms with van der Waals surface area (Å²) in [7, 11) is 1.68. The monoisotopic (exact) mass is 263 g/mol. The number of methoxy groups -OCH3 is 1. The van der Waals surface area contributed by atoms with E-state index >= 15 is 0 Å². The van der Waals surface area contributed by atoms with Crippen molar-refractivity contribution >= 4 is 21.9 Å². The number of rotatable bonds is 2. The van der Waals surface area contributed by atoms with E-state index in [4.69, 9.17) is 9.15 Å². The third-order valence-corrected chi connectivity index (χ3v) is 3.60. The van der Waals surface area contributed by atoms with Gasteiger partial charge in [-0.1, -0.05) is 12.1 Å². The number of aromatic nitrogens is 1. The van der Waals surface area contributed by atoms with Crippen LogP contribution in [0, 0.1) is 0 Å². The summed E-state index contributed by atoms with van der Waals surface area (Å²) in [5.74, 6) is 0.854. The van der Waals surface area contributed by atoms with Crippen LogP contribution in [0.2, 0.25) is 0 Å². The molecule has 1 N–H and O–H groups in total. The molecule has 0 saturated heterocycles. The largest absolute Gasteiger partial charge is 0.497 e. The standard InChI is InChI=1S/C17H13NO2/c1-19-14-5-4-12-8-15(18-16(12)10-14)13-3-2-11-6-7-20-17(11)9-13/h2-10,18H,1H3. The Labute approximate surface area is 115 Å². The minimum absolute atomic E-state index is 0.854. The Morgan fingerprint density at radius 3 is 2.75 bits per heavy atom.